The van der Waals surface area contributed by atoms with Gasteiger partial charge in [0.15, 0.2) is 6.10 Å². The number of hydrogen-bond acceptors (Lipinski definition) is 5. The van der Waals surface area contributed by atoms with Crippen molar-refractivity contribution in [3.05, 3.63) is 54.1 Å². The first-order chi connectivity index (χ1) is 11.5. The molecule has 2 rings (SSSR count). The number of alkyl halides is 2. The molecule has 0 amide bonds. The monoisotopic (exact) mass is 348 g/mol. The van der Waals surface area contributed by atoms with Gasteiger partial charge >= 0.3 is 5.97 Å². The molecule has 124 valence electrons. The molecule has 1 atom stereocenters. The van der Waals surface area contributed by atoms with Crippen molar-refractivity contribution < 1.29 is 18.3 Å². The van der Waals surface area contributed by atoms with Gasteiger partial charge in [-0.15, -0.1) is 0 Å². The Labute approximate surface area is 142 Å². The van der Waals surface area contributed by atoms with Crippen molar-refractivity contribution in [1.29, 1.82) is 5.26 Å². The normalized spacial score (nSPS) is 11.6. The number of halogens is 2. The summed E-state index contributed by atoms with van der Waals surface area (Å²) < 4.78 is 29.6. The van der Waals surface area contributed by atoms with Crippen LogP contribution in [0.3, 0.4) is 0 Å². The molecule has 7 heteroatoms. The van der Waals surface area contributed by atoms with E-state index in [2.05, 4.69) is 5.32 Å². The molecule has 0 radical (unpaired) electrons. The van der Waals surface area contributed by atoms with Crippen LogP contribution >= 0.6 is 11.8 Å². The molecule has 0 aliphatic carbocycles. The zero-order valence-corrected chi connectivity index (χ0v) is 13.5. The van der Waals surface area contributed by atoms with E-state index in [0.717, 1.165) is 0 Å². The molecule has 0 spiro atoms. The molecular formula is C17H14F2N2O2S. The van der Waals surface area contributed by atoms with Crippen LogP contribution < -0.4 is 5.32 Å². The van der Waals surface area contributed by atoms with Gasteiger partial charge in [0, 0.05) is 10.6 Å². The maximum absolute atomic E-state index is 12.3. The fourth-order valence-electron chi connectivity index (χ4n) is 1.90. The van der Waals surface area contributed by atoms with Crippen LogP contribution in [0.5, 0.6) is 0 Å². The third-order valence-corrected chi connectivity index (χ3v) is 3.69. The lowest BCUT2D eigenvalue weighted by atomic mass is 10.1. The second-order valence-electron chi connectivity index (χ2n) is 4.75. The number of benzene rings is 2. The Bertz CT molecular complexity index is 745. The molecule has 0 saturated carbocycles. The molecule has 24 heavy (non-hydrogen) atoms. The molecule has 2 aromatic rings. The molecule has 2 aromatic carbocycles. The van der Waals surface area contributed by atoms with Gasteiger partial charge < -0.3 is 10.1 Å². The van der Waals surface area contributed by atoms with Crippen molar-refractivity contribution in [2.75, 3.05) is 5.32 Å². The standard InChI is InChI=1S/C17H14F2N2O2S/c1-11(10-20)23-16(22)14-4-2-3-5-15(14)21-12-6-8-13(9-7-12)24-17(18)19/h2-9,11,17,21H,1H3. The van der Waals surface area contributed by atoms with Crippen LogP contribution in [-0.2, 0) is 4.74 Å². The lowest BCUT2D eigenvalue weighted by molar-refractivity contribution is 0.0436. The van der Waals surface area contributed by atoms with Crippen molar-refractivity contribution in [3.8, 4) is 6.07 Å². The molecule has 1 N–H and O–H groups in total. The average Bonchev–Trinajstić information content (AvgIpc) is 2.56. The Balaban J connectivity index is 2.15. The first-order valence-corrected chi connectivity index (χ1v) is 7.89. The lowest BCUT2D eigenvalue weighted by Gasteiger charge is -2.13. The maximum atomic E-state index is 12.3. The molecule has 0 fully saturated rings. The van der Waals surface area contributed by atoms with Gasteiger partial charge in [0.05, 0.1) is 11.3 Å². The van der Waals surface area contributed by atoms with Crippen molar-refractivity contribution in [2.45, 2.75) is 23.7 Å². The van der Waals surface area contributed by atoms with Gasteiger partial charge in [-0.3, -0.25) is 0 Å². The summed E-state index contributed by atoms with van der Waals surface area (Å²) in [6.07, 6.45) is -0.851. The Morgan fingerprint density at radius 2 is 1.88 bits per heavy atom. The van der Waals surface area contributed by atoms with Crippen LogP contribution in [-0.4, -0.2) is 17.8 Å². The minimum atomic E-state index is -2.47. The number of thioether (sulfide) groups is 1. The SMILES string of the molecule is CC(C#N)OC(=O)c1ccccc1Nc1ccc(SC(F)F)cc1. The van der Waals surface area contributed by atoms with Crippen LogP contribution in [0.1, 0.15) is 17.3 Å². The van der Waals surface area contributed by atoms with Crippen molar-refractivity contribution in [1.82, 2.24) is 0 Å². The van der Waals surface area contributed by atoms with Crippen LogP contribution in [0.2, 0.25) is 0 Å². The summed E-state index contributed by atoms with van der Waals surface area (Å²) in [5.74, 6) is -3.08. The Hall–Kier alpha value is -2.59. The van der Waals surface area contributed by atoms with E-state index in [9.17, 15) is 13.6 Å². The number of ether oxygens (including phenoxy) is 1. The number of rotatable bonds is 6. The summed E-state index contributed by atoms with van der Waals surface area (Å²) >= 11 is 0.465. The fraction of sp³-hybridized carbons (Fsp3) is 0.176. The van der Waals surface area contributed by atoms with Crippen LogP contribution in [0.25, 0.3) is 0 Å². The minimum Gasteiger partial charge on any atom is -0.444 e. The number of nitrogens with zero attached hydrogens (tertiary/aromatic N) is 1. The third kappa shape index (κ3) is 4.96. The zero-order chi connectivity index (χ0) is 17.5. The zero-order valence-electron chi connectivity index (χ0n) is 12.7. The van der Waals surface area contributed by atoms with E-state index >= 15 is 0 Å². The van der Waals surface area contributed by atoms with Gasteiger partial charge in [-0.2, -0.15) is 14.0 Å². The highest BCUT2D eigenvalue weighted by atomic mass is 32.2. The second kappa shape index (κ2) is 8.31. The third-order valence-electron chi connectivity index (χ3n) is 2.97. The molecule has 0 aliphatic heterocycles. The molecule has 4 nitrogen and oxygen atoms in total. The van der Waals surface area contributed by atoms with Gasteiger partial charge in [-0.05, 0) is 43.3 Å². The van der Waals surface area contributed by atoms with Gasteiger partial charge in [0.25, 0.3) is 5.76 Å². The summed E-state index contributed by atoms with van der Waals surface area (Å²) in [7, 11) is 0. The highest BCUT2D eigenvalue weighted by Gasteiger charge is 2.15. The molecular weight excluding hydrogens is 334 g/mol. The predicted molar refractivity (Wildman–Crippen MR) is 88.5 cm³/mol. The van der Waals surface area contributed by atoms with Gasteiger partial charge in [-0.25, -0.2) is 4.79 Å². The van der Waals surface area contributed by atoms with E-state index in [1.54, 1.807) is 48.5 Å². The second-order valence-corrected chi connectivity index (χ2v) is 5.81. The number of carbonyl (C=O) groups is 1. The van der Waals surface area contributed by atoms with E-state index in [4.69, 9.17) is 10.00 Å². The number of nitriles is 1. The number of carbonyl (C=O) groups excluding carboxylic acids is 1. The smallest absolute Gasteiger partial charge is 0.341 e. The summed E-state index contributed by atoms with van der Waals surface area (Å²) in [5, 5.41) is 11.8. The molecule has 0 saturated heterocycles. The summed E-state index contributed by atoms with van der Waals surface area (Å²) in [6.45, 7) is 1.48. The molecule has 0 aromatic heterocycles. The Morgan fingerprint density at radius 3 is 2.50 bits per heavy atom. The first kappa shape index (κ1) is 17.8. The number of hydrogen-bond donors (Lipinski definition) is 1. The molecule has 0 heterocycles. The van der Waals surface area contributed by atoms with Crippen molar-refractivity contribution in [3.63, 3.8) is 0 Å². The number of para-hydroxylation sites is 1. The lowest BCUT2D eigenvalue weighted by Crippen LogP contribution is -2.14. The van der Waals surface area contributed by atoms with Crippen LogP contribution in [0.4, 0.5) is 20.2 Å². The van der Waals surface area contributed by atoms with E-state index < -0.39 is 17.8 Å². The molecule has 0 bridgehead atoms. The largest absolute Gasteiger partial charge is 0.444 e. The maximum Gasteiger partial charge on any atom is 0.341 e. The Morgan fingerprint density at radius 1 is 1.21 bits per heavy atom. The first-order valence-electron chi connectivity index (χ1n) is 7.01. The predicted octanol–water partition coefficient (Wildman–Crippen LogP) is 4.81. The number of anilines is 2. The highest BCUT2D eigenvalue weighted by Crippen LogP contribution is 2.28. The quantitative estimate of drug-likeness (QED) is 0.599. The van der Waals surface area contributed by atoms with Gasteiger partial charge in [0.2, 0.25) is 0 Å². The summed E-state index contributed by atoms with van der Waals surface area (Å²) in [6, 6.07) is 14.9. The Kier molecular flexibility index (Phi) is 6.15. The van der Waals surface area contributed by atoms with Gasteiger partial charge in [-0.1, -0.05) is 23.9 Å². The van der Waals surface area contributed by atoms with E-state index in [-0.39, 0.29) is 5.56 Å². The van der Waals surface area contributed by atoms with E-state index in [0.29, 0.717) is 28.0 Å². The van der Waals surface area contributed by atoms with E-state index in [1.807, 2.05) is 6.07 Å². The van der Waals surface area contributed by atoms with Crippen molar-refractivity contribution >= 4 is 29.1 Å². The minimum absolute atomic E-state index is 0.283. The molecule has 0 aliphatic rings. The van der Waals surface area contributed by atoms with Crippen LogP contribution in [0, 0.1) is 11.3 Å². The average molecular weight is 348 g/mol. The fourth-order valence-corrected chi connectivity index (χ4v) is 2.39. The number of nitrogens with one attached hydrogen (secondary N) is 1. The highest BCUT2D eigenvalue weighted by molar-refractivity contribution is 7.99. The summed E-state index contributed by atoms with van der Waals surface area (Å²) in [5.41, 5.74) is 1.43. The number of esters is 1. The van der Waals surface area contributed by atoms with E-state index in [1.165, 1.54) is 6.92 Å². The van der Waals surface area contributed by atoms with Crippen LogP contribution in [0.15, 0.2) is 53.4 Å². The summed E-state index contributed by atoms with van der Waals surface area (Å²) in [4.78, 5) is 12.6. The van der Waals surface area contributed by atoms with Gasteiger partial charge in [0.1, 0.15) is 6.07 Å². The molecule has 1 unspecified atom stereocenters. The topological polar surface area (TPSA) is 62.1 Å². The van der Waals surface area contributed by atoms with Crippen molar-refractivity contribution in [2.24, 2.45) is 0 Å².